The lowest BCUT2D eigenvalue weighted by Crippen LogP contribution is -2.39. The molecule has 0 amide bonds. The van der Waals surface area contributed by atoms with Crippen molar-refractivity contribution in [1.29, 1.82) is 0 Å². The number of rotatable bonds is 4. The van der Waals surface area contributed by atoms with Gasteiger partial charge in [0.15, 0.2) is 0 Å². The molecule has 1 unspecified atom stereocenters. The van der Waals surface area contributed by atoms with Crippen molar-refractivity contribution in [3.8, 4) is 0 Å². The molecule has 0 bridgehead atoms. The van der Waals surface area contributed by atoms with Gasteiger partial charge in [0.05, 0.1) is 0 Å². The van der Waals surface area contributed by atoms with E-state index in [0.29, 0.717) is 6.04 Å². The first kappa shape index (κ1) is 13.4. The standard InChI is InChI=1S/C15H24N2O/c1-12-13(5-4-7-15(12)16)11-17-9-3-2-6-14(17)8-10-18/h4-5,7,14,18H,2-3,6,8-11,16H2,1H3. The van der Waals surface area contributed by atoms with Gasteiger partial charge in [-0.15, -0.1) is 0 Å². The van der Waals surface area contributed by atoms with Gasteiger partial charge in [-0.1, -0.05) is 18.6 Å². The second kappa shape index (κ2) is 6.21. The van der Waals surface area contributed by atoms with Gasteiger partial charge in [0.2, 0.25) is 0 Å². The van der Waals surface area contributed by atoms with E-state index < -0.39 is 0 Å². The summed E-state index contributed by atoms with van der Waals surface area (Å²) in [4.78, 5) is 2.50. The van der Waals surface area contributed by atoms with E-state index in [4.69, 9.17) is 10.8 Å². The molecule has 0 saturated carbocycles. The number of nitrogens with two attached hydrogens (primary N) is 1. The van der Waals surface area contributed by atoms with E-state index in [1.165, 1.54) is 30.4 Å². The molecule has 100 valence electrons. The smallest absolute Gasteiger partial charge is 0.0445 e. The lowest BCUT2D eigenvalue weighted by molar-refractivity contribution is 0.112. The number of aliphatic hydroxyl groups is 1. The van der Waals surface area contributed by atoms with Crippen LogP contribution in [0.3, 0.4) is 0 Å². The van der Waals surface area contributed by atoms with E-state index in [2.05, 4.69) is 17.9 Å². The number of nitrogens with zero attached hydrogens (tertiary/aromatic N) is 1. The van der Waals surface area contributed by atoms with Crippen LogP contribution in [0, 0.1) is 6.92 Å². The van der Waals surface area contributed by atoms with Crippen LogP contribution in [-0.2, 0) is 6.54 Å². The van der Waals surface area contributed by atoms with Crippen LogP contribution in [0.1, 0.15) is 36.8 Å². The van der Waals surface area contributed by atoms with Crippen LogP contribution < -0.4 is 5.73 Å². The third-order valence-corrected chi connectivity index (χ3v) is 4.07. The van der Waals surface area contributed by atoms with Gasteiger partial charge in [-0.3, -0.25) is 4.90 Å². The predicted octanol–water partition coefficient (Wildman–Crippen LogP) is 2.31. The van der Waals surface area contributed by atoms with Gasteiger partial charge in [0.25, 0.3) is 0 Å². The lowest BCUT2D eigenvalue weighted by atomic mass is 9.97. The number of likely N-dealkylation sites (tertiary alicyclic amines) is 1. The monoisotopic (exact) mass is 248 g/mol. The largest absolute Gasteiger partial charge is 0.399 e. The Labute approximate surface area is 110 Å². The highest BCUT2D eigenvalue weighted by Crippen LogP contribution is 2.24. The van der Waals surface area contributed by atoms with Crippen LogP contribution in [0.25, 0.3) is 0 Å². The number of hydrogen-bond acceptors (Lipinski definition) is 3. The van der Waals surface area contributed by atoms with Crippen molar-refractivity contribution in [3.05, 3.63) is 29.3 Å². The van der Waals surface area contributed by atoms with Crippen LogP contribution in [0.4, 0.5) is 5.69 Å². The fraction of sp³-hybridized carbons (Fsp3) is 0.600. The quantitative estimate of drug-likeness (QED) is 0.804. The van der Waals surface area contributed by atoms with Crippen LogP contribution in [0.15, 0.2) is 18.2 Å². The van der Waals surface area contributed by atoms with Crippen molar-refractivity contribution in [2.75, 3.05) is 18.9 Å². The first-order valence-electron chi connectivity index (χ1n) is 6.91. The zero-order valence-electron chi connectivity index (χ0n) is 11.2. The highest BCUT2D eigenvalue weighted by Gasteiger charge is 2.22. The van der Waals surface area contributed by atoms with Crippen LogP contribution in [0.2, 0.25) is 0 Å². The number of aliphatic hydroxyl groups excluding tert-OH is 1. The minimum Gasteiger partial charge on any atom is -0.399 e. The molecule has 1 saturated heterocycles. The second-order valence-corrected chi connectivity index (χ2v) is 5.26. The van der Waals surface area contributed by atoms with Crippen molar-refractivity contribution < 1.29 is 5.11 Å². The molecule has 0 spiro atoms. The maximum absolute atomic E-state index is 9.15. The second-order valence-electron chi connectivity index (χ2n) is 5.26. The Morgan fingerprint density at radius 3 is 3.00 bits per heavy atom. The molecule has 1 aliphatic rings. The van der Waals surface area contributed by atoms with Gasteiger partial charge in [0.1, 0.15) is 0 Å². The third-order valence-electron chi connectivity index (χ3n) is 4.07. The summed E-state index contributed by atoms with van der Waals surface area (Å²) in [6.07, 6.45) is 4.66. The van der Waals surface area contributed by atoms with Crippen LogP contribution >= 0.6 is 0 Å². The summed E-state index contributed by atoms with van der Waals surface area (Å²) >= 11 is 0. The van der Waals surface area contributed by atoms with Gasteiger partial charge in [0, 0.05) is 24.9 Å². The van der Waals surface area contributed by atoms with E-state index in [9.17, 15) is 0 Å². The molecule has 1 heterocycles. The first-order valence-corrected chi connectivity index (χ1v) is 6.91. The molecule has 2 rings (SSSR count). The summed E-state index contributed by atoms with van der Waals surface area (Å²) in [5.74, 6) is 0. The first-order chi connectivity index (χ1) is 8.72. The summed E-state index contributed by atoms with van der Waals surface area (Å²) in [6, 6.07) is 6.68. The molecule has 1 aromatic carbocycles. The van der Waals surface area contributed by atoms with Crippen molar-refractivity contribution in [2.45, 2.75) is 45.2 Å². The van der Waals surface area contributed by atoms with E-state index in [-0.39, 0.29) is 6.61 Å². The molecule has 1 atom stereocenters. The number of benzene rings is 1. The number of hydrogen-bond donors (Lipinski definition) is 2. The van der Waals surface area contributed by atoms with Crippen LogP contribution in [0.5, 0.6) is 0 Å². The van der Waals surface area contributed by atoms with Gasteiger partial charge in [-0.25, -0.2) is 0 Å². The molecule has 1 aromatic rings. The van der Waals surface area contributed by atoms with Crippen molar-refractivity contribution in [2.24, 2.45) is 0 Å². The Morgan fingerprint density at radius 2 is 2.22 bits per heavy atom. The van der Waals surface area contributed by atoms with Crippen LogP contribution in [-0.4, -0.2) is 29.2 Å². The van der Waals surface area contributed by atoms with E-state index in [1.54, 1.807) is 0 Å². The summed E-state index contributed by atoms with van der Waals surface area (Å²) in [7, 11) is 0. The minimum atomic E-state index is 0.289. The molecule has 0 aliphatic carbocycles. The average Bonchev–Trinajstić information content (AvgIpc) is 2.37. The molecular weight excluding hydrogens is 224 g/mol. The molecule has 18 heavy (non-hydrogen) atoms. The molecule has 3 N–H and O–H groups in total. The summed E-state index contributed by atoms with van der Waals surface area (Å²) < 4.78 is 0. The van der Waals surface area contributed by atoms with Crippen molar-refractivity contribution >= 4 is 5.69 Å². The zero-order chi connectivity index (χ0) is 13.0. The maximum atomic E-state index is 9.15. The van der Waals surface area contributed by atoms with Gasteiger partial charge < -0.3 is 10.8 Å². The number of nitrogen functional groups attached to an aromatic ring is 1. The molecule has 0 aromatic heterocycles. The van der Waals surface area contributed by atoms with E-state index >= 15 is 0 Å². The van der Waals surface area contributed by atoms with E-state index in [1.807, 2.05) is 12.1 Å². The number of piperidine rings is 1. The summed E-state index contributed by atoms with van der Waals surface area (Å²) in [5, 5.41) is 9.15. The average molecular weight is 248 g/mol. The SMILES string of the molecule is Cc1c(N)cccc1CN1CCCCC1CCO. The third kappa shape index (κ3) is 3.03. The lowest BCUT2D eigenvalue weighted by Gasteiger charge is -2.36. The Bertz CT molecular complexity index is 390. The van der Waals surface area contributed by atoms with Crippen molar-refractivity contribution in [1.82, 2.24) is 4.90 Å². The Morgan fingerprint density at radius 1 is 1.39 bits per heavy atom. The maximum Gasteiger partial charge on any atom is 0.0445 e. The molecule has 3 heteroatoms. The van der Waals surface area contributed by atoms with E-state index in [0.717, 1.165) is 25.2 Å². The highest BCUT2D eigenvalue weighted by molar-refractivity contribution is 5.49. The van der Waals surface area contributed by atoms with Gasteiger partial charge in [-0.05, 0) is 49.9 Å². The fourth-order valence-electron chi connectivity index (χ4n) is 2.84. The molecular formula is C15H24N2O. The Kier molecular flexibility index (Phi) is 4.61. The van der Waals surface area contributed by atoms with Crippen molar-refractivity contribution in [3.63, 3.8) is 0 Å². The Balaban J connectivity index is 2.08. The molecule has 1 aliphatic heterocycles. The normalized spacial score (nSPS) is 21.1. The predicted molar refractivity (Wildman–Crippen MR) is 75.3 cm³/mol. The minimum absolute atomic E-state index is 0.289. The van der Waals surface area contributed by atoms with Gasteiger partial charge in [-0.2, -0.15) is 0 Å². The molecule has 0 radical (unpaired) electrons. The fourth-order valence-corrected chi connectivity index (χ4v) is 2.84. The summed E-state index contributed by atoms with van der Waals surface area (Å²) in [5.41, 5.74) is 9.36. The Hall–Kier alpha value is -1.06. The molecule has 1 fully saturated rings. The van der Waals surface area contributed by atoms with Gasteiger partial charge >= 0.3 is 0 Å². The topological polar surface area (TPSA) is 49.5 Å². The zero-order valence-corrected chi connectivity index (χ0v) is 11.2. The highest BCUT2D eigenvalue weighted by atomic mass is 16.3. The molecule has 3 nitrogen and oxygen atoms in total. The summed E-state index contributed by atoms with van der Waals surface area (Å²) in [6.45, 7) is 4.48. The number of anilines is 1.